The van der Waals surface area contributed by atoms with Gasteiger partial charge in [0.2, 0.25) is 10.0 Å². The van der Waals surface area contributed by atoms with Gasteiger partial charge in [-0.25, -0.2) is 8.42 Å². The van der Waals surface area contributed by atoms with Crippen LogP contribution < -0.4 is 9.47 Å². The maximum absolute atomic E-state index is 12.0. The molecule has 1 aromatic rings. The lowest BCUT2D eigenvalue weighted by Gasteiger charge is -2.40. The van der Waals surface area contributed by atoms with Crippen molar-refractivity contribution in [2.45, 2.75) is 52.2 Å². The van der Waals surface area contributed by atoms with Gasteiger partial charge in [0.05, 0.1) is 18.9 Å². The fraction of sp³-hybridized carbons (Fsp3) is 0.667. The monoisotopic (exact) mass is 355 g/mol. The molecule has 1 heterocycles. The SMILES string of the molecule is CC(C)CCOc1ccc2c(c1)C(N(C)S(C)(=O)=O)CC(C)(C)O2. The van der Waals surface area contributed by atoms with E-state index in [4.69, 9.17) is 9.47 Å². The van der Waals surface area contributed by atoms with Gasteiger partial charge in [-0.05, 0) is 44.4 Å². The Hall–Kier alpha value is -1.27. The predicted octanol–water partition coefficient (Wildman–Crippen LogP) is 3.61. The van der Waals surface area contributed by atoms with Gasteiger partial charge in [-0.3, -0.25) is 0 Å². The molecule has 0 saturated heterocycles. The quantitative estimate of drug-likeness (QED) is 0.782. The molecule has 0 fully saturated rings. The summed E-state index contributed by atoms with van der Waals surface area (Å²) >= 11 is 0. The van der Waals surface area contributed by atoms with Crippen molar-refractivity contribution in [1.82, 2.24) is 4.31 Å². The van der Waals surface area contributed by atoms with Crippen LogP contribution in [0.4, 0.5) is 0 Å². The van der Waals surface area contributed by atoms with Crippen molar-refractivity contribution in [2.75, 3.05) is 19.9 Å². The van der Waals surface area contributed by atoms with E-state index in [1.807, 2.05) is 32.0 Å². The molecule has 1 aromatic carbocycles. The Morgan fingerprint density at radius 3 is 2.62 bits per heavy atom. The lowest BCUT2D eigenvalue weighted by molar-refractivity contribution is 0.0540. The summed E-state index contributed by atoms with van der Waals surface area (Å²) in [5.41, 5.74) is 0.445. The minimum absolute atomic E-state index is 0.257. The summed E-state index contributed by atoms with van der Waals surface area (Å²) < 4.78 is 37.4. The summed E-state index contributed by atoms with van der Waals surface area (Å²) in [4.78, 5) is 0. The highest BCUT2D eigenvalue weighted by molar-refractivity contribution is 7.88. The molecule has 1 atom stereocenters. The normalized spacial score (nSPS) is 19.9. The van der Waals surface area contributed by atoms with E-state index >= 15 is 0 Å². The van der Waals surface area contributed by atoms with Crippen LogP contribution in [0.15, 0.2) is 18.2 Å². The number of hydrogen-bond acceptors (Lipinski definition) is 4. The van der Waals surface area contributed by atoms with Crippen LogP contribution in [0.3, 0.4) is 0 Å². The van der Waals surface area contributed by atoms with E-state index in [9.17, 15) is 8.42 Å². The number of hydrogen-bond donors (Lipinski definition) is 0. The molecule has 5 nitrogen and oxygen atoms in total. The summed E-state index contributed by atoms with van der Waals surface area (Å²) in [5.74, 6) is 2.06. The zero-order valence-corrected chi connectivity index (χ0v) is 16.3. The van der Waals surface area contributed by atoms with Gasteiger partial charge in [0.25, 0.3) is 0 Å². The average Bonchev–Trinajstić information content (AvgIpc) is 2.44. The van der Waals surface area contributed by atoms with E-state index in [0.717, 1.165) is 23.5 Å². The summed E-state index contributed by atoms with van der Waals surface area (Å²) in [7, 11) is -1.68. The number of fused-ring (bicyclic) bond motifs is 1. The molecule has 136 valence electrons. The average molecular weight is 356 g/mol. The number of sulfonamides is 1. The highest BCUT2D eigenvalue weighted by Crippen LogP contribution is 2.44. The first-order valence-corrected chi connectivity index (χ1v) is 10.2. The molecule has 6 heteroatoms. The highest BCUT2D eigenvalue weighted by atomic mass is 32.2. The van der Waals surface area contributed by atoms with Gasteiger partial charge in [-0.2, -0.15) is 4.31 Å². The van der Waals surface area contributed by atoms with Crippen molar-refractivity contribution in [3.63, 3.8) is 0 Å². The van der Waals surface area contributed by atoms with Crippen LogP contribution in [0.1, 0.15) is 52.1 Å². The summed E-state index contributed by atoms with van der Waals surface area (Å²) in [6, 6.07) is 5.42. The smallest absolute Gasteiger partial charge is 0.211 e. The number of nitrogens with zero attached hydrogens (tertiary/aromatic N) is 1. The van der Waals surface area contributed by atoms with E-state index in [0.29, 0.717) is 18.9 Å². The Morgan fingerprint density at radius 2 is 2.04 bits per heavy atom. The van der Waals surface area contributed by atoms with Crippen molar-refractivity contribution in [3.8, 4) is 11.5 Å². The molecule has 0 amide bonds. The van der Waals surface area contributed by atoms with Gasteiger partial charge in [0.1, 0.15) is 17.1 Å². The van der Waals surface area contributed by atoms with E-state index in [2.05, 4.69) is 13.8 Å². The Balaban J connectivity index is 2.32. The molecule has 0 N–H and O–H groups in total. The van der Waals surface area contributed by atoms with E-state index in [-0.39, 0.29) is 6.04 Å². The lowest BCUT2D eigenvalue weighted by atomic mass is 9.89. The fourth-order valence-electron chi connectivity index (χ4n) is 2.85. The van der Waals surface area contributed by atoms with Crippen LogP contribution in [-0.4, -0.2) is 38.2 Å². The van der Waals surface area contributed by atoms with Crippen molar-refractivity contribution >= 4 is 10.0 Å². The molecule has 0 spiro atoms. The van der Waals surface area contributed by atoms with Crippen molar-refractivity contribution in [3.05, 3.63) is 23.8 Å². The standard InChI is InChI=1S/C18H29NO4S/c1-13(2)9-10-22-14-7-8-17-15(11-14)16(12-18(3,4)23-17)19(5)24(6,20)21/h7-8,11,13,16H,9-10,12H2,1-6H3. The van der Waals surface area contributed by atoms with Gasteiger partial charge >= 0.3 is 0 Å². The molecule has 0 aliphatic carbocycles. The largest absolute Gasteiger partial charge is 0.494 e. The number of ether oxygens (including phenoxy) is 2. The molecule has 1 aliphatic heterocycles. The maximum atomic E-state index is 12.0. The zero-order valence-electron chi connectivity index (χ0n) is 15.5. The Morgan fingerprint density at radius 1 is 1.38 bits per heavy atom. The third kappa shape index (κ3) is 4.63. The molecule has 1 unspecified atom stereocenters. The Bertz CT molecular complexity index is 682. The van der Waals surface area contributed by atoms with Gasteiger partial charge in [0, 0.05) is 19.0 Å². The van der Waals surface area contributed by atoms with E-state index in [1.165, 1.54) is 10.6 Å². The number of rotatable bonds is 6. The first-order valence-electron chi connectivity index (χ1n) is 8.38. The second-order valence-corrected chi connectivity index (χ2v) is 9.63. The summed E-state index contributed by atoms with van der Waals surface area (Å²) in [5, 5.41) is 0. The molecule has 0 bridgehead atoms. The molecular weight excluding hydrogens is 326 g/mol. The highest BCUT2D eigenvalue weighted by Gasteiger charge is 2.38. The molecule has 1 aliphatic rings. The van der Waals surface area contributed by atoms with Gasteiger partial charge in [0.15, 0.2) is 0 Å². The molecule has 0 saturated carbocycles. The van der Waals surface area contributed by atoms with Crippen molar-refractivity contribution in [2.24, 2.45) is 5.92 Å². The van der Waals surface area contributed by atoms with E-state index < -0.39 is 15.6 Å². The Labute approximate surface area is 146 Å². The maximum Gasteiger partial charge on any atom is 0.211 e. The molecule has 2 rings (SSSR count). The van der Waals surface area contributed by atoms with Crippen LogP contribution in [0.25, 0.3) is 0 Å². The van der Waals surface area contributed by atoms with Crippen LogP contribution in [0.5, 0.6) is 11.5 Å². The van der Waals surface area contributed by atoms with Crippen LogP contribution in [0, 0.1) is 5.92 Å². The summed E-state index contributed by atoms with van der Waals surface area (Å²) in [6.07, 6.45) is 2.81. The molecule has 24 heavy (non-hydrogen) atoms. The number of benzene rings is 1. The third-order valence-corrected chi connectivity index (χ3v) is 5.64. The van der Waals surface area contributed by atoms with Crippen molar-refractivity contribution in [1.29, 1.82) is 0 Å². The topological polar surface area (TPSA) is 55.8 Å². The van der Waals surface area contributed by atoms with Crippen molar-refractivity contribution < 1.29 is 17.9 Å². The Kier molecular flexibility index (Phi) is 5.50. The van der Waals surface area contributed by atoms with Gasteiger partial charge in [-0.15, -0.1) is 0 Å². The zero-order chi connectivity index (χ0) is 18.1. The minimum Gasteiger partial charge on any atom is -0.494 e. The van der Waals surface area contributed by atoms with Crippen LogP contribution in [-0.2, 0) is 10.0 Å². The van der Waals surface area contributed by atoms with Gasteiger partial charge in [-0.1, -0.05) is 13.8 Å². The second-order valence-electron chi connectivity index (χ2n) is 7.59. The van der Waals surface area contributed by atoms with Crippen LogP contribution in [0.2, 0.25) is 0 Å². The first-order chi connectivity index (χ1) is 11.0. The fourth-order valence-corrected chi connectivity index (χ4v) is 3.50. The minimum atomic E-state index is -3.30. The predicted molar refractivity (Wildman–Crippen MR) is 96.1 cm³/mol. The van der Waals surface area contributed by atoms with Gasteiger partial charge < -0.3 is 9.47 Å². The molecule has 0 radical (unpaired) electrons. The van der Waals surface area contributed by atoms with E-state index in [1.54, 1.807) is 7.05 Å². The second kappa shape index (κ2) is 6.92. The summed E-state index contributed by atoms with van der Waals surface area (Å²) in [6.45, 7) is 8.92. The molecular formula is C18H29NO4S. The van der Waals surface area contributed by atoms with Crippen LogP contribution >= 0.6 is 0 Å². The molecule has 0 aromatic heterocycles. The first kappa shape index (κ1) is 19.1. The lowest BCUT2D eigenvalue weighted by Crippen LogP contribution is -2.41. The third-order valence-electron chi connectivity index (χ3n) is 4.34.